The van der Waals surface area contributed by atoms with Gasteiger partial charge in [0.15, 0.2) is 5.82 Å². The molecule has 1 heterocycles. The summed E-state index contributed by atoms with van der Waals surface area (Å²) in [5.74, 6) is -0.743. The highest BCUT2D eigenvalue weighted by molar-refractivity contribution is 6.06. The highest BCUT2D eigenvalue weighted by atomic mass is 16.5. The van der Waals surface area contributed by atoms with Crippen LogP contribution in [0.1, 0.15) is 10.6 Å². The van der Waals surface area contributed by atoms with Crippen LogP contribution in [0.2, 0.25) is 0 Å². The van der Waals surface area contributed by atoms with Crippen LogP contribution in [-0.2, 0) is 9.53 Å². The summed E-state index contributed by atoms with van der Waals surface area (Å²) in [6.45, 7) is 0. The average molecular weight is 230 g/mol. The van der Waals surface area contributed by atoms with Gasteiger partial charge in [-0.1, -0.05) is 12.1 Å². The van der Waals surface area contributed by atoms with Crippen molar-refractivity contribution in [1.82, 2.24) is 9.97 Å². The van der Waals surface area contributed by atoms with E-state index in [2.05, 4.69) is 14.7 Å². The minimum Gasteiger partial charge on any atom is -0.466 e. The highest BCUT2D eigenvalue weighted by Crippen LogP contribution is 2.10. The van der Waals surface area contributed by atoms with E-state index in [0.717, 1.165) is 17.7 Å². The number of imidazole rings is 1. The molecule has 0 amide bonds. The Balaban J connectivity index is 2.25. The molecule has 5 nitrogen and oxygen atoms in total. The van der Waals surface area contributed by atoms with Crippen molar-refractivity contribution in [3.8, 4) is 0 Å². The number of H-pyrrole nitrogens is 1. The van der Waals surface area contributed by atoms with Gasteiger partial charge < -0.3 is 9.72 Å². The summed E-state index contributed by atoms with van der Waals surface area (Å²) in [7, 11) is 1.25. The lowest BCUT2D eigenvalue weighted by Gasteiger charge is -1.89. The monoisotopic (exact) mass is 230 g/mol. The van der Waals surface area contributed by atoms with Crippen LogP contribution in [0, 0.1) is 0 Å². The molecule has 0 saturated heterocycles. The zero-order chi connectivity index (χ0) is 12.3. The number of ether oxygens (including phenoxy) is 1. The molecule has 0 unspecified atom stereocenters. The van der Waals surface area contributed by atoms with Crippen LogP contribution < -0.4 is 0 Å². The normalized spacial score (nSPS) is 10.9. The molecule has 0 spiro atoms. The van der Waals surface area contributed by atoms with Crippen LogP contribution in [0.3, 0.4) is 0 Å². The summed E-state index contributed by atoms with van der Waals surface area (Å²) < 4.78 is 4.39. The third-order valence-corrected chi connectivity index (χ3v) is 2.19. The van der Waals surface area contributed by atoms with Gasteiger partial charge in [0, 0.05) is 6.08 Å². The molecule has 2 rings (SSSR count). The largest absolute Gasteiger partial charge is 0.466 e. The molecule has 0 saturated carbocycles. The summed E-state index contributed by atoms with van der Waals surface area (Å²) in [5, 5.41) is 0. The van der Waals surface area contributed by atoms with E-state index in [-0.39, 0.29) is 11.6 Å². The molecule has 0 bridgehead atoms. The number of methoxy groups -OCH3 is 1. The predicted octanol–water partition coefficient (Wildman–Crippen LogP) is 1.47. The first-order valence-corrected chi connectivity index (χ1v) is 4.96. The van der Waals surface area contributed by atoms with Crippen LogP contribution in [-0.4, -0.2) is 28.8 Å². The molecular formula is C12H10N2O3. The topological polar surface area (TPSA) is 72.1 Å². The summed E-state index contributed by atoms with van der Waals surface area (Å²) in [6, 6.07) is 7.30. The molecule has 1 N–H and O–H groups in total. The number of carbonyl (C=O) groups is 2. The van der Waals surface area contributed by atoms with Crippen LogP contribution >= 0.6 is 0 Å². The van der Waals surface area contributed by atoms with E-state index in [0.29, 0.717) is 5.52 Å². The van der Waals surface area contributed by atoms with E-state index in [4.69, 9.17) is 0 Å². The number of hydrogen-bond acceptors (Lipinski definition) is 4. The van der Waals surface area contributed by atoms with E-state index in [1.165, 1.54) is 7.11 Å². The van der Waals surface area contributed by atoms with Crippen LogP contribution in [0.5, 0.6) is 0 Å². The van der Waals surface area contributed by atoms with E-state index in [9.17, 15) is 9.59 Å². The van der Waals surface area contributed by atoms with Gasteiger partial charge in [-0.3, -0.25) is 4.79 Å². The Morgan fingerprint density at radius 3 is 2.76 bits per heavy atom. The Morgan fingerprint density at radius 2 is 2.06 bits per heavy atom. The Kier molecular flexibility index (Phi) is 3.00. The number of aromatic amines is 1. The number of hydrogen-bond donors (Lipinski definition) is 1. The molecule has 2 aromatic rings. The van der Waals surface area contributed by atoms with Gasteiger partial charge in [-0.05, 0) is 18.2 Å². The van der Waals surface area contributed by atoms with Gasteiger partial charge in [0.1, 0.15) is 0 Å². The van der Waals surface area contributed by atoms with Crippen molar-refractivity contribution >= 4 is 22.8 Å². The molecule has 86 valence electrons. The SMILES string of the molecule is COC(=O)C=CC(=O)c1nc2ccccc2[nH]1. The van der Waals surface area contributed by atoms with Crippen molar-refractivity contribution in [2.24, 2.45) is 0 Å². The fraction of sp³-hybridized carbons (Fsp3) is 0.0833. The Morgan fingerprint density at radius 1 is 1.29 bits per heavy atom. The van der Waals surface area contributed by atoms with Crippen LogP contribution in [0.25, 0.3) is 11.0 Å². The fourth-order valence-corrected chi connectivity index (χ4v) is 1.36. The number of para-hydroxylation sites is 2. The second-order valence-corrected chi connectivity index (χ2v) is 3.32. The molecule has 17 heavy (non-hydrogen) atoms. The van der Waals surface area contributed by atoms with Gasteiger partial charge in [-0.2, -0.15) is 0 Å². The smallest absolute Gasteiger partial charge is 0.330 e. The van der Waals surface area contributed by atoms with Crippen LogP contribution in [0.15, 0.2) is 36.4 Å². The zero-order valence-corrected chi connectivity index (χ0v) is 9.14. The zero-order valence-electron chi connectivity index (χ0n) is 9.14. The standard InChI is InChI=1S/C12H10N2O3/c1-17-11(16)7-6-10(15)12-13-8-4-2-3-5-9(8)14-12/h2-7H,1H3,(H,13,14). The lowest BCUT2D eigenvalue weighted by atomic mass is 10.3. The predicted molar refractivity (Wildman–Crippen MR) is 61.6 cm³/mol. The molecular weight excluding hydrogens is 220 g/mol. The van der Waals surface area contributed by atoms with Crippen molar-refractivity contribution in [1.29, 1.82) is 0 Å². The lowest BCUT2D eigenvalue weighted by Crippen LogP contribution is -2.00. The number of nitrogens with one attached hydrogen (secondary N) is 1. The van der Waals surface area contributed by atoms with Gasteiger partial charge in [0.2, 0.25) is 5.78 Å². The molecule has 0 aliphatic heterocycles. The number of ketones is 1. The fourth-order valence-electron chi connectivity index (χ4n) is 1.36. The quantitative estimate of drug-likeness (QED) is 0.492. The first-order chi connectivity index (χ1) is 8.20. The number of rotatable bonds is 3. The molecule has 5 heteroatoms. The Bertz CT molecular complexity index is 566. The van der Waals surface area contributed by atoms with E-state index in [1.54, 1.807) is 6.07 Å². The van der Waals surface area contributed by atoms with Gasteiger partial charge in [0.25, 0.3) is 0 Å². The van der Waals surface area contributed by atoms with Gasteiger partial charge >= 0.3 is 5.97 Å². The third kappa shape index (κ3) is 2.39. The minimum atomic E-state index is -0.575. The second kappa shape index (κ2) is 4.61. The third-order valence-electron chi connectivity index (χ3n) is 2.19. The molecule has 0 fully saturated rings. The first kappa shape index (κ1) is 11.1. The number of nitrogens with zero attached hydrogens (tertiary/aromatic N) is 1. The maximum atomic E-state index is 11.6. The van der Waals surface area contributed by atoms with Gasteiger partial charge in [-0.15, -0.1) is 0 Å². The Labute approximate surface area is 97.1 Å². The molecule has 0 radical (unpaired) electrons. The van der Waals surface area contributed by atoms with Crippen molar-refractivity contribution < 1.29 is 14.3 Å². The van der Waals surface area contributed by atoms with E-state index >= 15 is 0 Å². The van der Waals surface area contributed by atoms with Crippen molar-refractivity contribution in [3.63, 3.8) is 0 Å². The van der Waals surface area contributed by atoms with E-state index < -0.39 is 5.97 Å². The lowest BCUT2D eigenvalue weighted by molar-refractivity contribution is -0.134. The number of aromatic nitrogens is 2. The molecule has 0 aliphatic rings. The summed E-state index contributed by atoms with van der Waals surface area (Å²) in [5.41, 5.74) is 1.49. The van der Waals surface area contributed by atoms with Crippen molar-refractivity contribution in [2.45, 2.75) is 0 Å². The molecule has 1 aromatic heterocycles. The van der Waals surface area contributed by atoms with Crippen molar-refractivity contribution in [3.05, 3.63) is 42.2 Å². The highest BCUT2D eigenvalue weighted by Gasteiger charge is 2.08. The molecule has 0 aliphatic carbocycles. The second-order valence-electron chi connectivity index (χ2n) is 3.32. The average Bonchev–Trinajstić information content (AvgIpc) is 2.79. The summed E-state index contributed by atoms with van der Waals surface area (Å²) in [6.07, 6.45) is 2.19. The van der Waals surface area contributed by atoms with Gasteiger partial charge in [-0.25, -0.2) is 9.78 Å². The summed E-state index contributed by atoms with van der Waals surface area (Å²) >= 11 is 0. The first-order valence-electron chi connectivity index (χ1n) is 4.96. The van der Waals surface area contributed by atoms with E-state index in [1.807, 2.05) is 18.2 Å². The number of allylic oxidation sites excluding steroid dienone is 1. The van der Waals surface area contributed by atoms with Crippen molar-refractivity contribution in [2.75, 3.05) is 7.11 Å². The summed E-state index contributed by atoms with van der Waals surface area (Å²) in [4.78, 5) is 29.5. The Hall–Kier alpha value is -2.43. The van der Waals surface area contributed by atoms with Gasteiger partial charge in [0.05, 0.1) is 18.1 Å². The number of fused-ring (bicyclic) bond motifs is 1. The number of esters is 1. The maximum Gasteiger partial charge on any atom is 0.330 e. The number of benzene rings is 1. The molecule has 1 aromatic carbocycles. The minimum absolute atomic E-state index is 0.200. The molecule has 0 atom stereocenters. The number of carbonyl (C=O) groups excluding carboxylic acids is 2. The van der Waals surface area contributed by atoms with Crippen LogP contribution in [0.4, 0.5) is 0 Å². The maximum absolute atomic E-state index is 11.6.